The molecule has 0 aliphatic heterocycles. The Hall–Kier alpha value is -1.39. The summed E-state index contributed by atoms with van der Waals surface area (Å²) < 4.78 is 3.01. The zero-order valence-electron chi connectivity index (χ0n) is 11.3. The molecule has 0 N–H and O–H groups in total. The number of halogens is 2. The monoisotopic (exact) mass is 404 g/mol. The summed E-state index contributed by atoms with van der Waals surface area (Å²) in [5.74, 6) is 0. The third-order valence-corrected chi connectivity index (χ3v) is 4.69. The Bertz CT molecular complexity index is 705. The molecule has 1 atom stereocenters. The van der Waals surface area contributed by atoms with E-state index in [1.165, 1.54) is 11.1 Å². The SMILES string of the molecule is Brc1ccc(CC(Br)c2cnn(-c3ccccc3)c2)cc1. The van der Waals surface area contributed by atoms with Gasteiger partial charge >= 0.3 is 0 Å². The molecule has 1 unspecified atom stereocenters. The first-order valence-electron chi connectivity index (χ1n) is 6.71. The van der Waals surface area contributed by atoms with Crippen molar-refractivity contribution in [3.63, 3.8) is 0 Å². The maximum absolute atomic E-state index is 4.44. The molecule has 0 aliphatic carbocycles. The zero-order valence-corrected chi connectivity index (χ0v) is 14.5. The van der Waals surface area contributed by atoms with Gasteiger partial charge in [0.15, 0.2) is 0 Å². The van der Waals surface area contributed by atoms with Gasteiger partial charge in [0.05, 0.1) is 11.9 Å². The van der Waals surface area contributed by atoms with Crippen LogP contribution in [0.5, 0.6) is 0 Å². The first-order chi connectivity index (χ1) is 10.2. The molecule has 0 aliphatic rings. The Morgan fingerprint density at radius 1 is 1.00 bits per heavy atom. The molecule has 0 spiro atoms. The normalized spacial score (nSPS) is 12.3. The molecular weight excluding hydrogens is 392 g/mol. The van der Waals surface area contributed by atoms with Crippen LogP contribution in [0.2, 0.25) is 0 Å². The van der Waals surface area contributed by atoms with Crippen LogP contribution < -0.4 is 0 Å². The fourth-order valence-electron chi connectivity index (χ4n) is 2.17. The summed E-state index contributed by atoms with van der Waals surface area (Å²) in [6.45, 7) is 0. The quantitative estimate of drug-likeness (QED) is 0.537. The minimum Gasteiger partial charge on any atom is -0.241 e. The minimum absolute atomic E-state index is 0.260. The molecular formula is C17H14Br2N2. The van der Waals surface area contributed by atoms with E-state index < -0.39 is 0 Å². The molecule has 0 radical (unpaired) electrons. The van der Waals surface area contributed by atoms with Gasteiger partial charge in [0.1, 0.15) is 0 Å². The van der Waals surface area contributed by atoms with E-state index in [9.17, 15) is 0 Å². The lowest BCUT2D eigenvalue weighted by Crippen LogP contribution is -1.95. The van der Waals surface area contributed by atoms with E-state index in [2.05, 4.69) is 79.6 Å². The lowest BCUT2D eigenvalue weighted by Gasteiger charge is -2.07. The van der Waals surface area contributed by atoms with Crippen LogP contribution in [0, 0.1) is 0 Å². The Balaban J connectivity index is 1.75. The number of para-hydroxylation sites is 1. The van der Waals surface area contributed by atoms with Crippen LogP contribution in [0.1, 0.15) is 16.0 Å². The van der Waals surface area contributed by atoms with E-state index in [4.69, 9.17) is 0 Å². The smallest absolute Gasteiger partial charge is 0.0645 e. The Morgan fingerprint density at radius 2 is 1.71 bits per heavy atom. The first kappa shape index (κ1) is 14.5. The van der Waals surface area contributed by atoms with Crippen LogP contribution in [0.4, 0.5) is 0 Å². The predicted molar refractivity (Wildman–Crippen MR) is 93.1 cm³/mol. The van der Waals surface area contributed by atoms with Gasteiger partial charge in [0.2, 0.25) is 0 Å². The second-order valence-electron chi connectivity index (χ2n) is 4.85. The predicted octanol–water partition coefficient (Wildman–Crippen LogP) is 5.31. The first-order valence-corrected chi connectivity index (χ1v) is 8.42. The van der Waals surface area contributed by atoms with Crippen molar-refractivity contribution in [2.75, 3.05) is 0 Å². The summed E-state index contributed by atoms with van der Waals surface area (Å²) in [7, 11) is 0. The molecule has 2 nitrogen and oxygen atoms in total. The Kier molecular flexibility index (Phi) is 4.56. The second-order valence-corrected chi connectivity index (χ2v) is 6.87. The van der Waals surface area contributed by atoms with Crippen LogP contribution in [0.15, 0.2) is 71.5 Å². The summed E-state index contributed by atoms with van der Waals surface area (Å²) in [5, 5.41) is 4.44. The van der Waals surface area contributed by atoms with Gasteiger partial charge in [-0.2, -0.15) is 5.10 Å². The average molecular weight is 406 g/mol. The molecule has 0 saturated heterocycles. The number of nitrogens with zero attached hydrogens (tertiary/aromatic N) is 2. The zero-order chi connectivity index (χ0) is 14.7. The summed E-state index contributed by atoms with van der Waals surface area (Å²) in [4.78, 5) is 0.260. The van der Waals surface area contributed by atoms with Gasteiger partial charge in [-0.15, -0.1) is 0 Å². The standard InChI is InChI=1S/C17H14Br2N2/c18-15-8-6-13(7-9-15)10-17(19)14-11-20-21(12-14)16-4-2-1-3-5-16/h1-9,11-12,17H,10H2. The molecule has 106 valence electrons. The number of alkyl halides is 1. The van der Waals surface area contributed by atoms with Gasteiger partial charge in [0, 0.05) is 21.1 Å². The molecule has 0 amide bonds. The Labute approximate surface area is 141 Å². The fourth-order valence-corrected chi connectivity index (χ4v) is 3.04. The van der Waals surface area contributed by atoms with Crippen molar-refractivity contribution < 1.29 is 0 Å². The lowest BCUT2D eigenvalue weighted by molar-refractivity contribution is 0.878. The lowest BCUT2D eigenvalue weighted by atomic mass is 10.1. The van der Waals surface area contributed by atoms with E-state index in [0.29, 0.717) is 0 Å². The highest BCUT2D eigenvalue weighted by atomic mass is 79.9. The molecule has 3 rings (SSSR count). The molecule has 0 fully saturated rings. The summed E-state index contributed by atoms with van der Waals surface area (Å²) >= 11 is 7.22. The summed E-state index contributed by atoms with van der Waals surface area (Å²) in [5.41, 5.74) is 3.56. The molecule has 2 aromatic carbocycles. The van der Waals surface area contributed by atoms with Crippen LogP contribution >= 0.6 is 31.9 Å². The highest BCUT2D eigenvalue weighted by Crippen LogP contribution is 2.27. The second kappa shape index (κ2) is 6.58. The van der Waals surface area contributed by atoms with Gasteiger partial charge < -0.3 is 0 Å². The van der Waals surface area contributed by atoms with Crippen LogP contribution in [0.3, 0.4) is 0 Å². The van der Waals surface area contributed by atoms with Crippen LogP contribution in [-0.4, -0.2) is 9.78 Å². The van der Waals surface area contributed by atoms with E-state index in [1.54, 1.807) is 0 Å². The maximum Gasteiger partial charge on any atom is 0.0645 e. The molecule has 4 heteroatoms. The van der Waals surface area contributed by atoms with E-state index in [1.807, 2.05) is 29.1 Å². The van der Waals surface area contributed by atoms with Gasteiger partial charge in [-0.25, -0.2) is 4.68 Å². The van der Waals surface area contributed by atoms with Gasteiger partial charge in [-0.05, 0) is 36.2 Å². The van der Waals surface area contributed by atoms with Crippen molar-refractivity contribution in [2.45, 2.75) is 11.2 Å². The van der Waals surface area contributed by atoms with Crippen molar-refractivity contribution in [3.05, 3.63) is 82.6 Å². The highest BCUT2D eigenvalue weighted by molar-refractivity contribution is 9.10. The number of aromatic nitrogens is 2. The third-order valence-electron chi connectivity index (χ3n) is 3.31. The van der Waals surface area contributed by atoms with Gasteiger partial charge in [-0.1, -0.05) is 62.2 Å². The van der Waals surface area contributed by atoms with Crippen molar-refractivity contribution in [2.24, 2.45) is 0 Å². The van der Waals surface area contributed by atoms with Crippen molar-refractivity contribution in [1.29, 1.82) is 0 Å². The van der Waals surface area contributed by atoms with Crippen molar-refractivity contribution >= 4 is 31.9 Å². The van der Waals surface area contributed by atoms with E-state index in [-0.39, 0.29) is 4.83 Å². The Morgan fingerprint density at radius 3 is 2.43 bits per heavy atom. The third kappa shape index (κ3) is 3.63. The molecule has 0 bridgehead atoms. The molecule has 0 saturated carbocycles. The van der Waals surface area contributed by atoms with Crippen LogP contribution in [0.25, 0.3) is 5.69 Å². The molecule has 21 heavy (non-hydrogen) atoms. The van der Waals surface area contributed by atoms with Crippen LogP contribution in [-0.2, 0) is 6.42 Å². The molecule has 3 aromatic rings. The number of benzene rings is 2. The largest absolute Gasteiger partial charge is 0.241 e. The highest BCUT2D eigenvalue weighted by Gasteiger charge is 2.11. The van der Waals surface area contributed by atoms with Gasteiger partial charge in [0.25, 0.3) is 0 Å². The summed E-state index contributed by atoms with van der Waals surface area (Å²) in [6.07, 6.45) is 4.94. The molecule has 1 aromatic heterocycles. The number of hydrogen-bond acceptors (Lipinski definition) is 1. The van der Waals surface area contributed by atoms with E-state index >= 15 is 0 Å². The van der Waals surface area contributed by atoms with E-state index in [0.717, 1.165) is 16.6 Å². The van der Waals surface area contributed by atoms with Crippen molar-refractivity contribution in [3.8, 4) is 5.69 Å². The summed E-state index contributed by atoms with van der Waals surface area (Å²) in [6, 6.07) is 18.6. The number of rotatable bonds is 4. The fraction of sp³-hybridized carbons (Fsp3) is 0.118. The minimum atomic E-state index is 0.260. The maximum atomic E-state index is 4.44. The number of hydrogen-bond donors (Lipinski definition) is 0. The topological polar surface area (TPSA) is 17.8 Å². The molecule has 1 heterocycles. The van der Waals surface area contributed by atoms with Crippen molar-refractivity contribution in [1.82, 2.24) is 9.78 Å². The van der Waals surface area contributed by atoms with Gasteiger partial charge in [-0.3, -0.25) is 0 Å². The average Bonchev–Trinajstić information content (AvgIpc) is 3.00.